The normalized spacial score (nSPS) is 10.8. The molecule has 14 heavy (non-hydrogen) atoms. The average molecular weight is 183 g/mol. The second kappa shape index (κ2) is 3.45. The van der Waals surface area contributed by atoms with Crippen molar-refractivity contribution in [2.75, 3.05) is 0 Å². The van der Waals surface area contributed by atoms with E-state index in [0.29, 0.717) is 0 Å². The number of fused-ring (bicyclic) bond motifs is 1. The first-order chi connectivity index (χ1) is 6.74. The van der Waals surface area contributed by atoms with Crippen molar-refractivity contribution in [2.24, 2.45) is 0 Å². The van der Waals surface area contributed by atoms with Crippen molar-refractivity contribution < 1.29 is 0 Å². The van der Waals surface area contributed by atoms with E-state index >= 15 is 0 Å². The molecular formula is C14H15. The molecule has 0 heterocycles. The van der Waals surface area contributed by atoms with E-state index in [0.717, 1.165) is 0 Å². The monoisotopic (exact) mass is 183 g/mol. The molecule has 0 unspecified atom stereocenters. The summed E-state index contributed by atoms with van der Waals surface area (Å²) in [4.78, 5) is 0. The van der Waals surface area contributed by atoms with Gasteiger partial charge in [-0.1, -0.05) is 37.3 Å². The summed E-state index contributed by atoms with van der Waals surface area (Å²) in [6, 6.07) is 10.8. The molecule has 0 N–H and O–H groups in total. The molecule has 0 spiro atoms. The summed E-state index contributed by atoms with van der Waals surface area (Å²) in [5.74, 6) is 0. The predicted octanol–water partition coefficient (Wildman–Crippen LogP) is 4.03. The SMILES string of the molecule is C[CH]c1c(C)c(C)cc2ccccc12. The molecular weight excluding hydrogens is 168 g/mol. The Bertz CT molecular complexity index is 467. The van der Waals surface area contributed by atoms with E-state index in [1.54, 1.807) is 0 Å². The quantitative estimate of drug-likeness (QED) is 0.626. The van der Waals surface area contributed by atoms with Gasteiger partial charge >= 0.3 is 0 Å². The minimum absolute atomic E-state index is 1.34. The number of hydrogen-bond donors (Lipinski definition) is 0. The molecule has 1 radical (unpaired) electrons. The van der Waals surface area contributed by atoms with Crippen molar-refractivity contribution in [1.29, 1.82) is 0 Å². The summed E-state index contributed by atoms with van der Waals surface area (Å²) in [6.45, 7) is 6.47. The molecule has 0 saturated heterocycles. The summed E-state index contributed by atoms with van der Waals surface area (Å²) in [6.07, 6.45) is 2.20. The molecule has 0 aliphatic carbocycles. The van der Waals surface area contributed by atoms with Crippen molar-refractivity contribution >= 4 is 10.8 Å². The molecule has 0 bridgehead atoms. The highest BCUT2D eigenvalue weighted by Crippen LogP contribution is 2.26. The van der Waals surface area contributed by atoms with Crippen molar-refractivity contribution in [3.8, 4) is 0 Å². The second-order valence-electron chi connectivity index (χ2n) is 3.74. The minimum Gasteiger partial charge on any atom is -0.0616 e. The zero-order chi connectivity index (χ0) is 10.1. The van der Waals surface area contributed by atoms with Gasteiger partial charge in [0.15, 0.2) is 0 Å². The number of rotatable bonds is 1. The van der Waals surface area contributed by atoms with Crippen molar-refractivity contribution in [3.63, 3.8) is 0 Å². The fraction of sp³-hybridized carbons (Fsp3) is 0.214. The molecule has 2 aromatic rings. The van der Waals surface area contributed by atoms with Crippen LogP contribution in [-0.4, -0.2) is 0 Å². The van der Waals surface area contributed by atoms with Crippen LogP contribution in [0.15, 0.2) is 30.3 Å². The number of hydrogen-bond acceptors (Lipinski definition) is 0. The highest BCUT2D eigenvalue weighted by Gasteiger charge is 2.04. The Morgan fingerprint density at radius 2 is 1.79 bits per heavy atom. The molecule has 2 aromatic carbocycles. The van der Waals surface area contributed by atoms with Gasteiger partial charge in [0, 0.05) is 0 Å². The smallest absolute Gasteiger partial charge is 0.0115 e. The van der Waals surface area contributed by atoms with Gasteiger partial charge in [-0.25, -0.2) is 0 Å². The highest BCUT2D eigenvalue weighted by molar-refractivity contribution is 5.88. The number of aryl methyl sites for hydroxylation is 1. The van der Waals surface area contributed by atoms with Crippen molar-refractivity contribution in [1.82, 2.24) is 0 Å². The van der Waals surface area contributed by atoms with E-state index in [1.807, 2.05) is 0 Å². The zero-order valence-corrected chi connectivity index (χ0v) is 8.96. The van der Waals surface area contributed by atoms with Crippen LogP contribution >= 0.6 is 0 Å². The molecule has 0 heteroatoms. The standard InChI is InChI=1S/C14H15/c1-4-13-11(3)10(2)9-12-7-5-6-8-14(12)13/h4-9H,1-3H3. The molecule has 71 valence electrons. The third-order valence-electron chi connectivity index (χ3n) is 2.91. The Balaban J connectivity index is 2.89. The van der Waals surface area contributed by atoms with Crippen LogP contribution < -0.4 is 0 Å². The second-order valence-corrected chi connectivity index (χ2v) is 3.74. The maximum Gasteiger partial charge on any atom is -0.0115 e. The third kappa shape index (κ3) is 1.31. The van der Waals surface area contributed by atoms with Crippen LogP contribution in [0.1, 0.15) is 23.6 Å². The summed E-state index contributed by atoms with van der Waals surface area (Å²) >= 11 is 0. The Hall–Kier alpha value is -1.30. The maximum atomic E-state index is 2.26. The number of benzene rings is 2. The van der Waals surface area contributed by atoms with E-state index < -0.39 is 0 Å². The zero-order valence-electron chi connectivity index (χ0n) is 8.96. The fourth-order valence-corrected chi connectivity index (χ4v) is 2.00. The van der Waals surface area contributed by atoms with Crippen molar-refractivity contribution in [3.05, 3.63) is 53.4 Å². The van der Waals surface area contributed by atoms with Gasteiger partial charge in [-0.15, -0.1) is 0 Å². The summed E-state index contributed by atoms with van der Waals surface area (Å²) in [5.41, 5.74) is 4.14. The average Bonchev–Trinajstić information content (AvgIpc) is 2.20. The summed E-state index contributed by atoms with van der Waals surface area (Å²) in [5, 5.41) is 2.70. The summed E-state index contributed by atoms with van der Waals surface area (Å²) in [7, 11) is 0. The first-order valence-electron chi connectivity index (χ1n) is 5.02. The molecule has 0 saturated carbocycles. The van der Waals surface area contributed by atoms with E-state index in [2.05, 4.69) is 57.5 Å². The highest BCUT2D eigenvalue weighted by atomic mass is 14.1. The molecule has 0 amide bonds. The lowest BCUT2D eigenvalue weighted by Gasteiger charge is -2.10. The van der Waals surface area contributed by atoms with Crippen molar-refractivity contribution in [2.45, 2.75) is 20.8 Å². The molecule has 0 aliphatic rings. The van der Waals surface area contributed by atoms with Gasteiger partial charge in [-0.3, -0.25) is 0 Å². The van der Waals surface area contributed by atoms with E-state index in [4.69, 9.17) is 0 Å². The lowest BCUT2D eigenvalue weighted by molar-refractivity contribution is 1.29. The topological polar surface area (TPSA) is 0 Å². The molecule has 0 nitrogen and oxygen atoms in total. The molecule has 0 aliphatic heterocycles. The first-order valence-corrected chi connectivity index (χ1v) is 5.02. The molecule has 0 aromatic heterocycles. The summed E-state index contributed by atoms with van der Waals surface area (Å²) < 4.78 is 0. The van der Waals surface area contributed by atoms with Crippen LogP contribution in [0, 0.1) is 20.3 Å². The Labute approximate surface area is 85.6 Å². The molecule has 0 atom stereocenters. The van der Waals surface area contributed by atoms with E-state index in [-0.39, 0.29) is 0 Å². The minimum atomic E-state index is 1.34. The van der Waals surface area contributed by atoms with Gasteiger partial charge in [-0.05, 0) is 47.7 Å². The molecule has 0 fully saturated rings. The Morgan fingerprint density at radius 3 is 2.50 bits per heavy atom. The molecule has 2 rings (SSSR count). The van der Waals surface area contributed by atoms with Gasteiger partial charge in [0.05, 0.1) is 0 Å². The van der Waals surface area contributed by atoms with Crippen LogP contribution in [0.4, 0.5) is 0 Å². The van der Waals surface area contributed by atoms with Gasteiger partial charge in [0.1, 0.15) is 0 Å². The predicted molar refractivity (Wildman–Crippen MR) is 62.5 cm³/mol. The van der Waals surface area contributed by atoms with Crippen LogP contribution in [-0.2, 0) is 0 Å². The Morgan fingerprint density at radius 1 is 1.07 bits per heavy atom. The fourth-order valence-electron chi connectivity index (χ4n) is 2.00. The van der Waals surface area contributed by atoms with Gasteiger partial charge < -0.3 is 0 Å². The van der Waals surface area contributed by atoms with Crippen LogP contribution in [0.5, 0.6) is 0 Å². The Kier molecular flexibility index (Phi) is 2.28. The van der Waals surface area contributed by atoms with E-state index in [9.17, 15) is 0 Å². The van der Waals surface area contributed by atoms with Gasteiger partial charge in [0.25, 0.3) is 0 Å². The van der Waals surface area contributed by atoms with Gasteiger partial charge in [-0.2, -0.15) is 0 Å². The first kappa shape index (κ1) is 9.26. The third-order valence-corrected chi connectivity index (χ3v) is 2.91. The lowest BCUT2D eigenvalue weighted by Crippen LogP contribution is -1.91. The largest absolute Gasteiger partial charge is 0.0616 e. The maximum absolute atomic E-state index is 2.26. The van der Waals surface area contributed by atoms with Crippen LogP contribution in [0.3, 0.4) is 0 Å². The van der Waals surface area contributed by atoms with Crippen LogP contribution in [0.2, 0.25) is 0 Å². The van der Waals surface area contributed by atoms with Crippen LogP contribution in [0.25, 0.3) is 10.8 Å². The lowest BCUT2D eigenvalue weighted by atomic mass is 9.94. The van der Waals surface area contributed by atoms with Gasteiger partial charge in [0.2, 0.25) is 0 Å². The van der Waals surface area contributed by atoms with E-state index in [1.165, 1.54) is 27.5 Å².